The number of nitrogens with zero attached hydrogens (tertiary/aromatic N) is 2. The summed E-state index contributed by atoms with van der Waals surface area (Å²) in [5, 5.41) is 3.63. The summed E-state index contributed by atoms with van der Waals surface area (Å²) in [5.74, 6) is 0.913. The van der Waals surface area contributed by atoms with E-state index in [9.17, 15) is 0 Å². The van der Waals surface area contributed by atoms with Gasteiger partial charge in [0.1, 0.15) is 5.75 Å². The topological polar surface area (TPSA) is 27.7 Å². The number of ether oxygens (including phenoxy) is 1. The Bertz CT molecular complexity index is 400. The molecule has 1 unspecified atom stereocenters. The maximum absolute atomic E-state index is 5.21. The van der Waals surface area contributed by atoms with Crippen LogP contribution in [-0.2, 0) is 6.54 Å². The van der Waals surface area contributed by atoms with Crippen molar-refractivity contribution in [2.45, 2.75) is 40.3 Å². The van der Waals surface area contributed by atoms with Gasteiger partial charge >= 0.3 is 0 Å². The van der Waals surface area contributed by atoms with Crippen LogP contribution in [0, 0.1) is 0 Å². The lowest BCUT2D eigenvalue weighted by molar-refractivity contribution is 0.152. The van der Waals surface area contributed by atoms with Gasteiger partial charge in [-0.3, -0.25) is 4.90 Å². The highest BCUT2D eigenvalue weighted by Crippen LogP contribution is 2.11. The first-order valence-corrected chi connectivity index (χ1v) is 8.98. The van der Waals surface area contributed by atoms with Crippen molar-refractivity contribution in [2.24, 2.45) is 0 Å². The van der Waals surface area contributed by atoms with Gasteiger partial charge in [-0.1, -0.05) is 39.8 Å². The monoisotopic (exact) mass is 321 g/mol. The van der Waals surface area contributed by atoms with E-state index >= 15 is 0 Å². The van der Waals surface area contributed by atoms with E-state index in [-0.39, 0.29) is 0 Å². The summed E-state index contributed by atoms with van der Waals surface area (Å²) in [6, 6.07) is 8.86. The molecule has 1 atom stereocenters. The number of nitrogens with one attached hydrogen (secondary N) is 1. The second-order valence-corrected chi connectivity index (χ2v) is 5.84. The maximum Gasteiger partial charge on any atom is 0.118 e. The predicted molar refractivity (Wildman–Crippen MR) is 99.2 cm³/mol. The van der Waals surface area contributed by atoms with Crippen molar-refractivity contribution in [1.82, 2.24) is 15.1 Å². The molecule has 0 aliphatic rings. The normalized spacial score (nSPS) is 12.8. The second-order valence-electron chi connectivity index (χ2n) is 5.84. The Hall–Kier alpha value is -1.10. The third-order valence-electron chi connectivity index (χ3n) is 4.56. The van der Waals surface area contributed by atoms with Crippen LogP contribution in [0.2, 0.25) is 0 Å². The summed E-state index contributed by atoms with van der Waals surface area (Å²) in [7, 11) is 1.70. The van der Waals surface area contributed by atoms with E-state index in [4.69, 9.17) is 4.74 Å². The van der Waals surface area contributed by atoms with Crippen molar-refractivity contribution in [1.29, 1.82) is 0 Å². The van der Waals surface area contributed by atoms with E-state index in [0.29, 0.717) is 6.04 Å². The second kappa shape index (κ2) is 11.4. The molecule has 1 aromatic carbocycles. The van der Waals surface area contributed by atoms with Crippen LogP contribution >= 0.6 is 0 Å². The molecule has 0 aliphatic carbocycles. The molecule has 0 spiro atoms. The molecular weight excluding hydrogens is 286 g/mol. The van der Waals surface area contributed by atoms with Crippen LogP contribution in [0.25, 0.3) is 0 Å². The van der Waals surface area contributed by atoms with Crippen molar-refractivity contribution in [2.75, 3.05) is 46.4 Å². The van der Waals surface area contributed by atoms with Crippen LogP contribution in [0.1, 0.15) is 33.3 Å². The molecule has 0 fully saturated rings. The third-order valence-corrected chi connectivity index (χ3v) is 4.56. The fraction of sp³-hybridized carbons (Fsp3) is 0.684. The molecule has 4 heteroatoms. The van der Waals surface area contributed by atoms with Crippen molar-refractivity contribution >= 4 is 0 Å². The van der Waals surface area contributed by atoms with Gasteiger partial charge in [0.2, 0.25) is 0 Å². The average Bonchev–Trinajstić information content (AvgIpc) is 2.60. The smallest absolute Gasteiger partial charge is 0.118 e. The quantitative estimate of drug-likeness (QED) is 0.641. The van der Waals surface area contributed by atoms with Gasteiger partial charge in [-0.2, -0.15) is 0 Å². The highest BCUT2D eigenvalue weighted by Gasteiger charge is 2.17. The number of hydrogen-bond acceptors (Lipinski definition) is 4. The first-order chi connectivity index (χ1) is 11.2. The summed E-state index contributed by atoms with van der Waals surface area (Å²) < 4.78 is 5.21. The highest BCUT2D eigenvalue weighted by molar-refractivity contribution is 5.26. The van der Waals surface area contributed by atoms with E-state index in [1.165, 1.54) is 5.56 Å². The molecular formula is C19H35N3O. The summed E-state index contributed by atoms with van der Waals surface area (Å²) in [4.78, 5) is 5.07. The number of rotatable bonds is 12. The largest absolute Gasteiger partial charge is 0.497 e. The average molecular weight is 322 g/mol. The molecule has 132 valence electrons. The highest BCUT2D eigenvalue weighted by atomic mass is 16.5. The summed E-state index contributed by atoms with van der Waals surface area (Å²) in [6.07, 6.45) is 0. The molecule has 23 heavy (non-hydrogen) atoms. The fourth-order valence-corrected chi connectivity index (χ4v) is 2.96. The molecule has 0 saturated heterocycles. The molecule has 0 radical (unpaired) electrons. The molecule has 0 amide bonds. The zero-order valence-corrected chi connectivity index (χ0v) is 15.6. The Morgan fingerprint density at radius 2 is 1.57 bits per heavy atom. The minimum Gasteiger partial charge on any atom is -0.497 e. The number of methoxy groups -OCH3 is 1. The molecule has 1 rings (SSSR count). The first kappa shape index (κ1) is 19.9. The Kier molecular flexibility index (Phi) is 9.92. The van der Waals surface area contributed by atoms with E-state index in [2.05, 4.69) is 54.9 Å². The van der Waals surface area contributed by atoms with Crippen LogP contribution in [0.4, 0.5) is 0 Å². The number of likely N-dealkylation sites (N-methyl/N-ethyl adjacent to an activating group) is 2. The minimum atomic E-state index is 0.558. The van der Waals surface area contributed by atoms with Gasteiger partial charge in [-0.05, 0) is 43.9 Å². The lowest BCUT2D eigenvalue weighted by atomic mass is 10.2. The van der Waals surface area contributed by atoms with Crippen LogP contribution in [0.3, 0.4) is 0 Å². The first-order valence-electron chi connectivity index (χ1n) is 8.98. The molecule has 0 aromatic heterocycles. The summed E-state index contributed by atoms with van der Waals surface area (Å²) >= 11 is 0. The lowest BCUT2D eigenvalue weighted by Crippen LogP contribution is -2.49. The maximum atomic E-state index is 5.21. The number of hydrogen-bond donors (Lipinski definition) is 1. The molecule has 1 N–H and O–H groups in total. The molecule has 0 bridgehead atoms. The lowest BCUT2D eigenvalue weighted by Gasteiger charge is -2.34. The van der Waals surface area contributed by atoms with Crippen LogP contribution in [0.5, 0.6) is 5.75 Å². The van der Waals surface area contributed by atoms with Gasteiger partial charge in [0, 0.05) is 25.7 Å². The van der Waals surface area contributed by atoms with Gasteiger partial charge in [0.15, 0.2) is 0 Å². The number of benzene rings is 1. The van der Waals surface area contributed by atoms with E-state index < -0.39 is 0 Å². The summed E-state index contributed by atoms with van der Waals surface area (Å²) in [5.41, 5.74) is 1.30. The van der Waals surface area contributed by atoms with Gasteiger partial charge in [0.25, 0.3) is 0 Å². The Morgan fingerprint density at radius 1 is 0.957 bits per heavy atom. The van der Waals surface area contributed by atoms with Gasteiger partial charge in [-0.25, -0.2) is 0 Å². The fourth-order valence-electron chi connectivity index (χ4n) is 2.96. The van der Waals surface area contributed by atoms with Crippen LogP contribution in [-0.4, -0.2) is 62.2 Å². The predicted octanol–water partition coefficient (Wildman–Crippen LogP) is 2.84. The van der Waals surface area contributed by atoms with Crippen molar-refractivity contribution in [3.05, 3.63) is 29.8 Å². The SMILES string of the molecule is CCN(CC)CC(CNCc1ccc(OC)cc1)N(CC)CC. The molecule has 4 nitrogen and oxygen atoms in total. The van der Waals surface area contributed by atoms with Gasteiger partial charge < -0.3 is 15.0 Å². The Balaban J connectivity index is 2.54. The molecule has 0 aliphatic heterocycles. The van der Waals surface area contributed by atoms with Crippen molar-refractivity contribution in [3.8, 4) is 5.75 Å². The van der Waals surface area contributed by atoms with E-state index in [1.54, 1.807) is 7.11 Å². The van der Waals surface area contributed by atoms with Crippen LogP contribution < -0.4 is 10.1 Å². The summed E-state index contributed by atoms with van der Waals surface area (Å²) in [6.45, 7) is 16.5. The Morgan fingerprint density at radius 3 is 2.04 bits per heavy atom. The Labute approximate surface area is 142 Å². The standard InChI is InChI=1S/C19H35N3O/c1-6-21(7-2)16-18(22(8-3)9-4)15-20-14-17-10-12-19(23-5)13-11-17/h10-13,18,20H,6-9,14-16H2,1-5H3. The van der Waals surface area contributed by atoms with Gasteiger partial charge in [-0.15, -0.1) is 0 Å². The van der Waals surface area contributed by atoms with Crippen molar-refractivity contribution in [3.63, 3.8) is 0 Å². The van der Waals surface area contributed by atoms with Crippen LogP contribution in [0.15, 0.2) is 24.3 Å². The third kappa shape index (κ3) is 6.90. The van der Waals surface area contributed by atoms with Crippen molar-refractivity contribution < 1.29 is 4.74 Å². The zero-order chi connectivity index (χ0) is 17.1. The zero-order valence-electron chi connectivity index (χ0n) is 15.6. The minimum absolute atomic E-state index is 0.558. The van der Waals surface area contributed by atoms with E-state index in [1.807, 2.05) is 12.1 Å². The molecule has 1 aromatic rings. The van der Waals surface area contributed by atoms with E-state index in [0.717, 1.165) is 51.6 Å². The molecule has 0 saturated carbocycles. The molecule has 0 heterocycles. The van der Waals surface area contributed by atoms with Gasteiger partial charge in [0.05, 0.1) is 7.11 Å².